The van der Waals surface area contributed by atoms with Crippen LogP contribution in [0.3, 0.4) is 0 Å². The summed E-state index contributed by atoms with van der Waals surface area (Å²) >= 11 is 0. The summed E-state index contributed by atoms with van der Waals surface area (Å²) in [6.45, 7) is -0.354. The van der Waals surface area contributed by atoms with Crippen LogP contribution in [0.5, 0.6) is 0 Å². The Morgan fingerprint density at radius 1 is 1.45 bits per heavy atom. The van der Waals surface area contributed by atoms with Crippen molar-refractivity contribution >= 4 is 17.8 Å². The number of carbonyl (C=O) groups is 3. The fourth-order valence-corrected chi connectivity index (χ4v) is 1.45. The van der Waals surface area contributed by atoms with Crippen molar-refractivity contribution < 1.29 is 19.5 Å². The number of nitrogens with zero attached hydrogens (tertiary/aromatic N) is 2. The molecule has 0 fully saturated rings. The topological polar surface area (TPSA) is 144 Å². The Labute approximate surface area is 113 Å². The molecule has 9 nitrogen and oxygen atoms in total. The van der Waals surface area contributed by atoms with Crippen molar-refractivity contribution in [3.8, 4) is 0 Å². The van der Waals surface area contributed by atoms with Gasteiger partial charge in [0.2, 0.25) is 11.8 Å². The second-order valence-corrected chi connectivity index (χ2v) is 3.99. The zero-order chi connectivity index (χ0) is 15.1. The normalized spacial score (nSPS) is 11.6. The first-order valence-corrected chi connectivity index (χ1v) is 5.72. The van der Waals surface area contributed by atoms with Crippen LogP contribution in [0.15, 0.2) is 23.3 Å². The van der Waals surface area contributed by atoms with Crippen molar-refractivity contribution in [2.24, 2.45) is 5.73 Å². The van der Waals surface area contributed by atoms with E-state index >= 15 is 0 Å². The van der Waals surface area contributed by atoms with Gasteiger partial charge in [0.15, 0.2) is 0 Å². The number of rotatable bonds is 7. The van der Waals surface area contributed by atoms with Crippen LogP contribution in [0.2, 0.25) is 0 Å². The van der Waals surface area contributed by atoms with Crippen LogP contribution >= 0.6 is 0 Å². The molecule has 0 aromatic carbocycles. The highest BCUT2D eigenvalue weighted by atomic mass is 16.4. The predicted molar refractivity (Wildman–Crippen MR) is 66.5 cm³/mol. The number of aliphatic carboxylic acids is 1. The van der Waals surface area contributed by atoms with Crippen molar-refractivity contribution in [2.75, 3.05) is 0 Å². The Morgan fingerprint density at radius 2 is 2.15 bits per heavy atom. The molecule has 9 heteroatoms. The molecule has 0 aliphatic carbocycles. The second-order valence-electron chi connectivity index (χ2n) is 3.99. The van der Waals surface area contributed by atoms with E-state index in [1.165, 1.54) is 18.5 Å². The molecule has 1 aromatic heterocycles. The van der Waals surface area contributed by atoms with E-state index in [1.807, 2.05) is 0 Å². The average molecular weight is 282 g/mol. The van der Waals surface area contributed by atoms with Crippen LogP contribution in [0.25, 0.3) is 0 Å². The summed E-state index contributed by atoms with van der Waals surface area (Å²) in [6, 6.07) is 0.235. The van der Waals surface area contributed by atoms with Gasteiger partial charge >= 0.3 is 11.7 Å². The first-order valence-electron chi connectivity index (χ1n) is 5.72. The Kier molecular flexibility index (Phi) is 5.39. The van der Waals surface area contributed by atoms with Crippen molar-refractivity contribution in [3.63, 3.8) is 0 Å². The number of nitrogens with one attached hydrogen (secondary N) is 1. The maximum atomic E-state index is 11.6. The van der Waals surface area contributed by atoms with E-state index in [0.29, 0.717) is 0 Å². The molecular formula is C11H14N4O5. The molecule has 1 heterocycles. The average Bonchev–Trinajstić information content (AvgIpc) is 2.36. The Bertz CT molecular complexity index is 568. The lowest BCUT2D eigenvalue weighted by Crippen LogP contribution is -2.43. The molecule has 4 N–H and O–H groups in total. The summed E-state index contributed by atoms with van der Waals surface area (Å²) in [7, 11) is 0. The van der Waals surface area contributed by atoms with E-state index in [9.17, 15) is 19.2 Å². The van der Waals surface area contributed by atoms with E-state index in [1.54, 1.807) is 0 Å². The molecule has 1 atom stereocenters. The standard InChI is InChI=1S/C11H14N4O5/c12-8(16)3-2-7(10(18)19)14-9(17)6-15-5-1-4-13-11(15)20/h1,4-5,7H,2-3,6H2,(H2,12,16)(H,14,17)(H,18,19)/t7-/m1/s1. The molecule has 20 heavy (non-hydrogen) atoms. The third-order valence-corrected chi connectivity index (χ3v) is 2.41. The van der Waals surface area contributed by atoms with Gasteiger partial charge in [0.25, 0.3) is 0 Å². The molecular weight excluding hydrogens is 268 g/mol. The van der Waals surface area contributed by atoms with E-state index in [2.05, 4.69) is 10.3 Å². The smallest absolute Gasteiger partial charge is 0.347 e. The second kappa shape index (κ2) is 7.02. The fourth-order valence-electron chi connectivity index (χ4n) is 1.45. The van der Waals surface area contributed by atoms with Gasteiger partial charge in [0.1, 0.15) is 12.6 Å². The number of amides is 2. The predicted octanol–water partition coefficient (Wildman–Crippen LogP) is -1.92. The van der Waals surface area contributed by atoms with Gasteiger partial charge in [0, 0.05) is 18.8 Å². The maximum Gasteiger partial charge on any atom is 0.347 e. The highest BCUT2D eigenvalue weighted by molar-refractivity contribution is 5.84. The quantitative estimate of drug-likeness (QED) is 0.531. The SMILES string of the molecule is NC(=O)CC[C@@H](NC(=O)Cn1cccnc1=O)C(=O)O. The molecule has 0 aliphatic rings. The molecule has 0 saturated carbocycles. The van der Waals surface area contributed by atoms with Crippen molar-refractivity contribution in [3.05, 3.63) is 28.9 Å². The summed E-state index contributed by atoms with van der Waals surface area (Å²) in [5, 5.41) is 11.1. The largest absolute Gasteiger partial charge is 0.480 e. The van der Waals surface area contributed by atoms with Crippen LogP contribution in [0.4, 0.5) is 0 Å². The van der Waals surface area contributed by atoms with Crippen LogP contribution in [0.1, 0.15) is 12.8 Å². The van der Waals surface area contributed by atoms with Crippen molar-refractivity contribution in [1.82, 2.24) is 14.9 Å². The molecule has 0 radical (unpaired) electrons. The minimum atomic E-state index is -1.28. The first-order chi connectivity index (χ1) is 9.40. The molecule has 0 unspecified atom stereocenters. The van der Waals surface area contributed by atoms with Gasteiger partial charge in [-0.3, -0.25) is 14.2 Å². The van der Waals surface area contributed by atoms with Crippen LogP contribution < -0.4 is 16.7 Å². The lowest BCUT2D eigenvalue weighted by Gasteiger charge is -2.14. The highest BCUT2D eigenvalue weighted by Crippen LogP contribution is 1.97. The molecule has 1 rings (SSSR count). The molecule has 0 saturated heterocycles. The van der Waals surface area contributed by atoms with Gasteiger partial charge in [-0.25, -0.2) is 14.6 Å². The zero-order valence-corrected chi connectivity index (χ0v) is 10.5. The lowest BCUT2D eigenvalue weighted by molar-refractivity contribution is -0.142. The Balaban J connectivity index is 2.63. The number of carbonyl (C=O) groups excluding carboxylic acids is 2. The molecule has 0 spiro atoms. The van der Waals surface area contributed by atoms with Gasteiger partial charge in [-0.15, -0.1) is 0 Å². The molecule has 0 bridgehead atoms. The van der Waals surface area contributed by atoms with E-state index in [-0.39, 0.29) is 19.4 Å². The minimum Gasteiger partial charge on any atom is -0.480 e. The zero-order valence-electron chi connectivity index (χ0n) is 10.5. The van der Waals surface area contributed by atoms with Gasteiger partial charge in [-0.1, -0.05) is 0 Å². The minimum absolute atomic E-state index is 0.113. The van der Waals surface area contributed by atoms with Crippen molar-refractivity contribution in [2.45, 2.75) is 25.4 Å². The first kappa shape index (κ1) is 15.3. The van der Waals surface area contributed by atoms with Gasteiger partial charge in [0.05, 0.1) is 0 Å². The van der Waals surface area contributed by atoms with E-state index in [4.69, 9.17) is 10.8 Å². The monoisotopic (exact) mass is 282 g/mol. The van der Waals surface area contributed by atoms with Crippen LogP contribution in [-0.2, 0) is 20.9 Å². The summed E-state index contributed by atoms with van der Waals surface area (Å²) in [5.41, 5.74) is 4.30. The molecule has 1 aromatic rings. The number of aromatic nitrogens is 2. The lowest BCUT2D eigenvalue weighted by atomic mass is 10.1. The van der Waals surface area contributed by atoms with Gasteiger partial charge in [-0.05, 0) is 12.5 Å². The number of nitrogens with two attached hydrogens (primary N) is 1. The summed E-state index contributed by atoms with van der Waals surface area (Å²) in [5.74, 6) is -2.61. The molecule has 108 valence electrons. The summed E-state index contributed by atoms with van der Waals surface area (Å²) < 4.78 is 1.03. The number of carboxylic acids is 1. The highest BCUT2D eigenvalue weighted by Gasteiger charge is 2.20. The Morgan fingerprint density at radius 3 is 2.70 bits per heavy atom. The van der Waals surface area contributed by atoms with Gasteiger partial charge < -0.3 is 16.2 Å². The number of primary amides is 1. The van der Waals surface area contributed by atoms with Crippen LogP contribution in [0, 0.1) is 0 Å². The number of hydrogen-bond acceptors (Lipinski definition) is 5. The van der Waals surface area contributed by atoms with E-state index < -0.39 is 29.5 Å². The Hall–Kier alpha value is -2.71. The summed E-state index contributed by atoms with van der Waals surface area (Å²) in [4.78, 5) is 47.9. The number of carboxylic acid groups (broad SMARTS) is 1. The number of hydrogen-bond donors (Lipinski definition) is 3. The maximum absolute atomic E-state index is 11.6. The molecule has 2 amide bonds. The summed E-state index contributed by atoms with van der Waals surface area (Å²) in [6.07, 6.45) is 2.36. The van der Waals surface area contributed by atoms with E-state index in [0.717, 1.165) is 4.57 Å². The van der Waals surface area contributed by atoms with Crippen LogP contribution in [-0.4, -0.2) is 38.5 Å². The third-order valence-electron chi connectivity index (χ3n) is 2.41. The molecule has 0 aliphatic heterocycles. The van der Waals surface area contributed by atoms with Crippen molar-refractivity contribution in [1.29, 1.82) is 0 Å². The van der Waals surface area contributed by atoms with Gasteiger partial charge in [-0.2, -0.15) is 0 Å². The fraction of sp³-hybridized carbons (Fsp3) is 0.364. The third kappa shape index (κ3) is 4.88.